The molecule has 0 amide bonds. The molecule has 0 spiro atoms. The van der Waals surface area contributed by atoms with Crippen LogP contribution in [0, 0.1) is 0 Å². The zero-order valence-electron chi connectivity index (χ0n) is 13.8. The second-order valence-corrected chi connectivity index (χ2v) is 5.57. The van der Waals surface area contributed by atoms with E-state index in [0.29, 0.717) is 12.6 Å². The van der Waals surface area contributed by atoms with Gasteiger partial charge in [-0.25, -0.2) is 4.68 Å². The molecule has 0 bridgehead atoms. The van der Waals surface area contributed by atoms with E-state index in [4.69, 9.17) is 4.74 Å². The third-order valence-electron chi connectivity index (χ3n) is 3.86. The molecule has 130 valence electrons. The van der Waals surface area contributed by atoms with Gasteiger partial charge in [0, 0.05) is 38.5 Å². The SMILES string of the molecule is CN=C(NCc1cnn(-c2ccccc2)c1)NCC1CCCO1.I. The van der Waals surface area contributed by atoms with Crippen molar-refractivity contribution in [1.82, 2.24) is 20.4 Å². The van der Waals surface area contributed by atoms with E-state index < -0.39 is 0 Å². The number of ether oxygens (including phenoxy) is 1. The molecule has 0 aliphatic carbocycles. The van der Waals surface area contributed by atoms with Crippen molar-refractivity contribution in [1.29, 1.82) is 0 Å². The number of para-hydroxylation sites is 1. The predicted octanol–water partition coefficient (Wildman–Crippen LogP) is 2.33. The van der Waals surface area contributed by atoms with E-state index in [-0.39, 0.29) is 24.0 Å². The number of guanidine groups is 1. The summed E-state index contributed by atoms with van der Waals surface area (Å²) in [6.07, 6.45) is 6.46. The minimum atomic E-state index is 0. The number of rotatable bonds is 5. The Morgan fingerprint density at radius 3 is 2.88 bits per heavy atom. The summed E-state index contributed by atoms with van der Waals surface area (Å²) < 4.78 is 7.48. The Balaban J connectivity index is 0.00000208. The normalized spacial score (nSPS) is 17.4. The number of nitrogens with one attached hydrogen (secondary N) is 2. The third-order valence-corrected chi connectivity index (χ3v) is 3.86. The lowest BCUT2D eigenvalue weighted by atomic mass is 10.2. The summed E-state index contributed by atoms with van der Waals surface area (Å²) in [5.74, 6) is 0.785. The van der Waals surface area contributed by atoms with Gasteiger partial charge in [0.25, 0.3) is 0 Å². The molecule has 1 saturated heterocycles. The van der Waals surface area contributed by atoms with Gasteiger partial charge in [0.1, 0.15) is 0 Å². The maximum absolute atomic E-state index is 5.60. The fourth-order valence-corrected chi connectivity index (χ4v) is 2.60. The highest BCUT2D eigenvalue weighted by Gasteiger charge is 2.15. The van der Waals surface area contributed by atoms with Crippen LogP contribution in [0.2, 0.25) is 0 Å². The highest BCUT2D eigenvalue weighted by molar-refractivity contribution is 14.0. The zero-order chi connectivity index (χ0) is 15.9. The van der Waals surface area contributed by atoms with E-state index in [1.165, 1.54) is 0 Å². The van der Waals surface area contributed by atoms with Crippen LogP contribution in [0.3, 0.4) is 0 Å². The molecule has 1 aromatic heterocycles. The number of hydrogen-bond acceptors (Lipinski definition) is 3. The fourth-order valence-electron chi connectivity index (χ4n) is 2.60. The van der Waals surface area contributed by atoms with Gasteiger partial charge in [-0.2, -0.15) is 5.10 Å². The largest absolute Gasteiger partial charge is 0.376 e. The van der Waals surface area contributed by atoms with Crippen molar-refractivity contribution in [2.24, 2.45) is 4.99 Å². The molecule has 1 aliphatic rings. The topological polar surface area (TPSA) is 63.5 Å². The molecule has 1 aromatic carbocycles. The van der Waals surface area contributed by atoms with E-state index in [1.807, 2.05) is 47.4 Å². The summed E-state index contributed by atoms with van der Waals surface area (Å²) in [7, 11) is 1.78. The number of nitrogens with zero attached hydrogens (tertiary/aromatic N) is 3. The maximum atomic E-state index is 5.60. The summed E-state index contributed by atoms with van der Waals surface area (Å²) in [5, 5.41) is 11.0. The lowest BCUT2D eigenvalue weighted by Gasteiger charge is -2.14. The molecule has 1 fully saturated rings. The standard InChI is InChI=1S/C17H23N5O.HI/c1-18-17(20-12-16-8-5-9-23-16)19-10-14-11-21-22(13-14)15-6-3-2-4-7-15;/h2-4,6-7,11,13,16H,5,8-10,12H2,1H3,(H2,18,19,20);1H. The number of hydrogen-bond donors (Lipinski definition) is 2. The van der Waals surface area contributed by atoms with Crippen LogP contribution in [-0.4, -0.2) is 42.0 Å². The third kappa shape index (κ3) is 5.20. The van der Waals surface area contributed by atoms with E-state index in [2.05, 4.69) is 20.7 Å². The Morgan fingerprint density at radius 2 is 2.17 bits per heavy atom. The Bertz CT molecular complexity index is 637. The summed E-state index contributed by atoms with van der Waals surface area (Å²) in [5.41, 5.74) is 2.16. The molecule has 1 atom stereocenters. The van der Waals surface area contributed by atoms with Crippen LogP contribution in [0.4, 0.5) is 0 Å². The van der Waals surface area contributed by atoms with Crippen LogP contribution in [-0.2, 0) is 11.3 Å². The molecule has 6 nitrogen and oxygen atoms in total. The first-order chi connectivity index (χ1) is 11.3. The molecule has 0 radical (unpaired) electrons. The Hall–Kier alpha value is -1.61. The first-order valence-electron chi connectivity index (χ1n) is 8.00. The second kappa shape index (κ2) is 9.63. The summed E-state index contributed by atoms with van der Waals surface area (Å²) in [4.78, 5) is 4.24. The van der Waals surface area contributed by atoms with Crippen LogP contribution in [0.15, 0.2) is 47.7 Å². The molecule has 2 N–H and O–H groups in total. The Morgan fingerprint density at radius 1 is 1.33 bits per heavy atom. The molecule has 7 heteroatoms. The molecule has 1 aliphatic heterocycles. The summed E-state index contributed by atoms with van der Waals surface area (Å²) in [6.45, 7) is 2.35. The number of halogens is 1. The molecule has 1 unspecified atom stereocenters. The predicted molar refractivity (Wildman–Crippen MR) is 106 cm³/mol. The molecule has 2 aromatic rings. The smallest absolute Gasteiger partial charge is 0.191 e. The van der Waals surface area contributed by atoms with Crippen LogP contribution in [0.25, 0.3) is 5.69 Å². The monoisotopic (exact) mass is 441 g/mol. The number of benzene rings is 1. The number of aromatic nitrogens is 2. The van der Waals surface area contributed by atoms with Crippen molar-refractivity contribution < 1.29 is 4.74 Å². The van der Waals surface area contributed by atoms with Gasteiger partial charge in [-0.15, -0.1) is 24.0 Å². The molecule has 2 heterocycles. The molecule has 24 heavy (non-hydrogen) atoms. The van der Waals surface area contributed by atoms with E-state index in [9.17, 15) is 0 Å². The van der Waals surface area contributed by atoms with Gasteiger partial charge in [-0.1, -0.05) is 18.2 Å². The van der Waals surface area contributed by atoms with Gasteiger partial charge in [-0.3, -0.25) is 4.99 Å². The molecule has 0 saturated carbocycles. The lowest BCUT2D eigenvalue weighted by Crippen LogP contribution is -2.40. The second-order valence-electron chi connectivity index (χ2n) is 5.57. The fraction of sp³-hybridized carbons (Fsp3) is 0.412. The van der Waals surface area contributed by atoms with Gasteiger partial charge in [0.2, 0.25) is 0 Å². The van der Waals surface area contributed by atoms with Crippen LogP contribution in [0.5, 0.6) is 0 Å². The van der Waals surface area contributed by atoms with Gasteiger partial charge in [0.15, 0.2) is 5.96 Å². The van der Waals surface area contributed by atoms with Gasteiger partial charge in [0.05, 0.1) is 18.0 Å². The van der Waals surface area contributed by atoms with Gasteiger partial charge < -0.3 is 15.4 Å². The van der Waals surface area contributed by atoms with Crippen molar-refractivity contribution in [3.05, 3.63) is 48.3 Å². The van der Waals surface area contributed by atoms with Crippen LogP contribution < -0.4 is 10.6 Å². The van der Waals surface area contributed by atoms with E-state index in [0.717, 1.165) is 43.2 Å². The van der Waals surface area contributed by atoms with Crippen LogP contribution >= 0.6 is 24.0 Å². The van der Waals surface area contributed by atoms with Gasteiger partial charge in [-0.05, 0) is 25.0 Å². The van der Waals surface area contributed by atoms with Crippen LogP contribution in [0.1, 0.15) is 18.4 Å². The molecule has 3 rings (SSSR count). The zero-order valence-corrected chi connectivity index (χ0v) is 16.1. The summed E-state index contributed by atoms with van der Waals surface area (Å²) >= 11 is 0. The van der Waals surface area contributed by atoms with Crippen molar-refractivity contribution in [2.75, 3.05) is 20.2 Å². The van der Waals surface area contributed by atoms with Gasteiger partial charge >= 0.3 is 0 Å². The quantitative estimate of drug-likeness (QED) is 0.425. The van der Waals surface area contributed by atoms with Crippen molar-refractivity contribution >= 4 is 29.9 Å². The molecular weight excluding hydrogens is 417 g/mol. The van der Waals surface area contributed by atoms with Crippen molar-refractivity contribution in [3.8, 4) is 5.69 Å². The maximum Gasteiger partial charge on any atom is 0.191 e. The highest BCUT2D eigenvalue weighted by atomic mass is 127. The highest BCUT2D eigenvalue weighted by Crippen LogP contribution is 2.10. The molecular formula is C17H24IN5O. The first kappa shape index (κ1) is 18.7. The minimum absolute atomic E-state index is 0. The lowest BCUT2D eigenvalue weighted by molar-refractivity contribution is 0.114. The Kier molecular flexibility index (Phi) is 7.51. The summed E-state index contributed by atoms with van der Waals surface area (Å²) in [6, 6.07) is 10.1. The average molecular weight is 441 g/mol. The number of aliphatic imine (C=N–C) groups is 1. The van der Waals surface area contributed by atoms with E-state index in [1.54, 1.807) is 7.05 Å². The first-order valence-corrected chi connectivity index (χ1v) is 8.00. The van der Waals surface area contributed by atoms with E-state index >= 15 is 0 Å². The average Bonchev–Trinajstić information content (AvgIpc) is 3.27. The van der Waals surface area contributed by atoms with Crippen molar-refractivity contribution in [2.45, 2.75) is 25.5 Å². The van der Waals surface area contributed by atoms with Crippen molar-refractivity contribution in [3.63, 3.8) is 0 Å². The minimum Gasteiger partial charge on any atom is -0.376 e. The Labute approximate surface area is 159 Å².